The molecule has 100 valence electrons. The first-order valence-electron chi connectivity index (χ1n) is 5.96. The Hall–Kier alpha value is -1.78. The number of nitrogens with zero attached hydrogens (tertiary/aromatic N) is 1. The number of benzene rings is 1. The van der Waals surface area contributed by atoms with Crippen LogP contribution in [-0.4, -0.2) is 18.7 Å². The van der Waals surface area contributed by atoms with Gasteiger partial charge in [0.05, 0.1) is 12.3 Å². The quantitative estimate of drug-likeness (QED) is 0.824. The molecule has 2 rings (SSSR count). The van der Waals surface area contributed by atoms with Crippen molar-refractivity contribution in [3.8, 4) is 0 Å². The van der Waals surface area contributed by atoms with E-state index < -0.39 is 0 Å². The summed E-state index contributed by atoms with van der Waals surface area (Å²) in [6.07, 6.45) is 0.820. The highest BCUT2D eigenvalue weighted by atomic mass is 35.5. The fourth-order valence-corrected chi connectivity index (χ4v) is 1.89. The number of rotatable bonds is 5. The van der Waals surface area contributed by atoms with Crippen LogP contribution in [0.15, 0.2) is 36.4 Å². The molecule has 1 aromatic carbocycles. The Kier molecular flexibility index (Phi) is 4.60. The van der Waals surface area contributed by atoms with Crippen molar-refractivity contribution < 1.29 is 4.74 Å². The molecular formula is C14H16ClN3O. The highest BCUT2D eigenvalue weighted by Crippen LogP contribution is 2.25. The lowest BCUT2D eigenvalue weighted by molar-refractivity contribution is 0.202. The lowest BCUT2D eigenvalue weighted by atomic mass is 10.1. The second-order valence-corrected chi connectivity index (χ2v) is 4.48. The maximum atomic E-state index is 5.88. The van der Waals surface area contributed by atoms with Crippen LogP contribution in [0.3, 0.4) is 0 Å². The lowest BCUT2D eigenvalue weighted by Crippen LogP contribution is -2.03. The SMILES string of the molecule is COCCc1ccccc1Nc1nc(Cl)ccc1N. The summed E-state index contributed by atoms with van der Waals surface area (Å²) in [6.45, 7) is 0.664. The van der Waals surface area contributed by atoms with Gasteiger partial charge in [-0.3, -0.25) is 0 Å². The van der Waals surface area contributed by atoms with Gasteiger partial charge in [0.1, 0.15) is 5.15 Å². The minimum absolute atomic E-state index is 0.408. The van der Waals surface area contributed by atoms with Crippen LogP contribution >= 0.6 is 11.6 Å². The van der Waals surface area contributed by atoms with Gasteiger partial charge in [0, 0.05) is 12.8 Å². The van der Waals surface area contributed by atoms with E-state index in [1.165, 1.54) is 0 Å². The van der Waals surface area contributed by atoms with E-state index in [-0.39, 0.29) is 0 Å². The maximum absolute atomic E-state index is 5.88. The molecule has 0 atom stereocenters. The number of para-hydroxylation sites is 1. The second-order valence-electron chi connectivity index (χ2n) is 4.10. The van der Waals surface area contributed by atoms with Crippen molar-refractivity contribution in [3.63, 3.8) is 0 Å². The Morgan fingerprint density at radius 2 is 2.05 bits per heavy atom. The van der Waals surface area contributed by atoms with Gasteiger partial charge in [-0.05, 0) is 30.2 Å². The minimum atomic E-state index is 0.408. The third-order valence-corrected chi connectivity index (χ3v) is 2.95. The number of pyridine rings is 1. The zero-order valence-corrected chi connectivity index (χ0v) is 11.4. The number of hydrogen-bond acceptors (Lipinski definition) is 4. The fraction of sp³-hybridized carbons (Fsp3) is 0.214. The van der Waals surface area contributed by atoms with Gasteiger partial charge in [0.15, 0.2) is 5.82 Å². The highest BCUT2D eigenvalue weighted by molar-refractivity contribution is 6.29. The van der Waals surface area contributed by atoms with Crippen LogP contribution in [0, 0.1) is 0 Å². The van der Waals surface area contributed by atoms with E-state index in [9.17, 15) is 0 Å². The Morgan fingerprint density at radius 1 is 1.26 bits per heavy atom. The van der Waals surface area contributed by atoms with Crippen molar-refractivity contribution in [1.29, 1.82) is 0 Å². The van der Waals surface area contributed by atoms with Gasteiger partial charge < -0.3 is 15.8 Å². The number of halogens is 1. The number of methoxy groups -OCH3 is 1. The molecule has 0 saturated carbocycles. The third kappa shape index (κ3) is 3.59. The Bertz CT molecular complexity index is 560. The molecule has 0 radical (unpaired) electrons. The summed E-state index contributed by atoms with van der Waals surface area (Å²) in [5, 5.41) is 3.62. The standard InChI is InChI=1S/C14H16ClN3O/c1-19-9-8-10-4-2-3-5-12(10)17-14-11(16)6-7-13(15)18-14/h2-7H,8-9,16H2,1H3,(H,17,18). The molecule has 4 nitrogen and oxygen atoms in total. The van der Waals surface area contributed by atoms with Crippen LogP contribution in [0.5, 0.6) is 0 Å². The van der Waals surface area contributed by atoms with Gasteiger partial charge in [0.25, 0.3) is 0 Å². The van der Waals surface area contributed by atoms with Crippen LogP contribution in [0.25, 0.3) is 0 Å². The van der Waals surface area contributed by atoms with E-state index in [0.29, 0.717) is 23.3 Å². The predicted octanol–water partition coefficient (Wildman–Crippen LogP) is 3.25. The van der Waals surface area contributed by atoms with E-state index in [2.05, 4.69) is 10.3 Å². The van der Waals surface area contributed by atoms with Crippen molar-refractivity contribution >= 4 is 28.8 Å². The predicted molar refractivity (Wildman–Crippen MR) is 79.0 cm³/mol. The van der Waals surface area contributed by atoms with Gasteiger partial charge >= 0.3 is 0 Å². The van der Waals surface area contributed by atoms with E-state index in [4.69, 9.17) is 22.1 Å². The molecule has 0 amide bonds. The molecule has 3 N–H and O–H groups in total. The van der Waals surface area contributed by atoms with E-state index >= 15 is 0 Å². The van der Waals surface area contributed by atoms with Crippen LogP contribution in [0.4, 0.5) is 17.2 Å². The summed E-state index contributed by atoms with van der Waals surface area (Å²) in [5.41, 5.74) is 8.54. The molecule has 1 heterocycles. The number of hydrogen-bond donors (Lipinski definition) is 2. The van der Waals surface area contributed by atoms with Gasteiger partial charge in [-0.2, -0.15) is 0 Å². The molecule has 19 heavy (non-hydrogen) atoms. The molecular weight excluding hydrogens is 262 g/mol. The largest absolute Gasteiger partial charge is 0.396 e. The summed E-state index contributed by atoms with van der Waals surface area (Å²) in [6, 6.07) is 11.4. The van der Waals surface area contributed by atoms with Crippen LogP contribution in [0.2, 0.25) is 5.15 Å². The average molecular weight is 278 g/mol. The average Bonchev–Trinajstić information content (AvgIpc) is 2.42. The first-order chi connectivity index (χ1) is 9.20. The monoisotopic (exact) mass is 277 g/mol. The number of nitrogens with two attached hydrogens (primary N) is 1. The molecule has 0 aliphatic carbocycles. The summed E-state index contributed by atoms with van der Waals surface area (Å²) in [7, 11) is 1.69. The zero-order chi connectivity index (χ0) is 13.7. The molecule has 0 spiro atoms. The maximum Gasteiger partial charge on any atom is 0.155 e. The van der Waals surface area contributed by atoms with Gasteiger partial charge in [0.2, 0.25) is 0 Å². The van der Waals surface area contributed by atoms with Crippen molar-refractivity contribution in [2.24, 2.45) is 0 Å². The van der Waals surface area contributed by atoms with Gasteiger partial charge in [-0.1, -0.05) is 29.8 Å². The van der Waals surface area contributed by atoms with Crippen molar-refractivity contribution in [2.75, 3.05) is 24.8 Å². The fourth-order valence-electron chi connectivity index (χ4n) is 1.75. The molecule has 2 aromatic rings. The topological polar surface area (TPSA) is 60.2 Å². The summed E-state index contributed by atoms with van der Waals surface area (Å²) in [4.78, 5) is 4.19. The summed E-state index contributed by atoms with van der Waals surface area (Å²) >= 11 is 5.88. The Morgan fingerprint density at radius 3 is 2.84 bits per heavy atom. The number of aromatic nitrogens is 1. The highest BCUT2D eigenvalue weighted by Gasteiger charge is 2.06. The Labute approximate surface area is 117 Å². The van der Waals surface area contributed by atoms with E-state index in [1.807, 2.05) is 24.3 Å². The molecule has 0 bridgehead atoms. The molecule has 0 aliphatic heterocycles. The molecule has 1 aromatic heterocycles. The van der Waals surface area contributed by atoms with Crippen LogP contribution in [-0.2, 0) is 11.2 Å². The smallest absolute Gasteiger partial charge is 0.155 e. The first kappa shape index (κ1) is 13.6. The van der Waals surface area contributed by atoms with Crippen LogP contribution < -0.4 is 11.1 Å². The molecule has 5 heteroatoms. The number of ether oxygens (including phenoxy) is 1. The minimum Gasteiger partial charge on any atom is -0.396 e. The second kappa shape index (κ2) is 6.41. The van der Waals surface area contributed by atoms with Crippen molar-refractivity contribution in [2.45, 2.75) is 6.42 Å². The van der Waals surface area contributed by atoms with E-state index in [1.54, 1.807) is 19.2 Å². The first-order valence-corrected chi connectivity index (χ1v) is 6.34. The van der Waals surface area contributed by atoms with Crippen molar-refractivity contribution in [3.05, 3.63) is 47.1 Å². The summed E-state index contributed by atoms with van der Waals surface area (Å²) in [5.74, 6) is 0.567. The third-order valence-electron chi connectivity index (χ3n) is 2.74. The molecule has 0 unspecified atom stereocenters. The molecule has 0 aliphatic rings. The normalized spacial score (nSPS) is 10.4. The van der Waals surface area contributed by atoms with E-state index in [0.717, 1.165) is 17.7 Å². The van der Waals surface area contributed by atoms with Gasteiger partial charge in [-0.15, -0.1) is 0 Å². The molecule has 0 fully saturated rings. The Balaban J connectivity index is 2.25. The molecule has 0 saturated heterocycles. The number of nitrogens with one attached hydrogen (secondary N) is 1. The van der Waals surface area contributed by atoms with Gasteiger partial charge in [-0.25, -0.2) is 4.98 Å². The number of nitrogen functional groups attached to an aromatic ring is 1. The van der Waals surface area contributed by atoms with Crippen LogP contribution in [0.1, 0.15) is 5.56 Å². The summed E-state index contributed by atoms with van der Waals surface area (Å²) < 4.78 is 5.10. The zero-order valence-electron chi connectivity index (χ0n) is 10.7. The lowest BCUT2D eigenvalue weighted by Gasteiger charge is -2.12. The van der Waals surface area contributed by atoms with Crippen molar-refractivity contribution in [1.82, 2.24) is 4.98 Å². The number of anilines is 3.